The summed E-state index contributed by atoms with van der Waals surface area (Å²) in [7, 11) is 1.55. The minimum atomic E-state index is -0.731. The molecule has 1 amide bonds. The second-order valence-electron chi connectivity index (χ2n) is 4.22. The van der Waals surface area contributed by atoms with E-state index < -0.39 is 11.6 Å². The number of hydrogen-bond acceptors (Lipinski definition) is 2. The Bertz CT molecular complexity index is 482. The smallest absolute Gasteiger partial charge is 0.226 e. The predicted octanol–water partition coefficient (Wildman–Crippen LogP) is 2.13. The average molecular weight is 252 g/mol. The molecule has 0 aliphatic heterocycles. The summed E-state index contributed by atoms with van der Waals surface area (Å²) in [6, 6.07) is 5.14. The van der Waals surface area contributed by atoms with Crippen molar-refractivity contribution >= 4 is 5.91 Å². The Balaban J connectivity index is 2.67. The van der Waals surface area contributed by atoms with Crippen LogP contribution in [0.15, 0.2) is 18.2 Å². The number of hydrogen-bond donors (Lipinski definition) is 0. The summed E-state index contributed by atoms with van der Waals surface area (Å²) < 4.78 is 26.0. The summed E-state index contributed by atoms with van der Waals surface area (Å²) in [5, 5.41) is 8.64. The van der Waals surface area contributed by atoms with Crippen molar-refractivity contribution in [1.29, 1.82) is 5.26 Å². The number of halogens is 2. The fraction of sp³-hybridized carbons (Fsp3) is 0.385. The number of rotatable bonds is 4. The first kappa shape index (κ1) is 14.1. The quantitative estimate of drug-likeness (QED) is 0.824. The number of nitrogens with zero attached hydrogens (tertiary/aromatic N) is 2. The molecule has 0 fully saturated rings. The van der Waals surface area contributed by atoms with Gasteiger partial charge >= 0.3 is 0 Å². The van der Waals surface area contributed by atoms with Crippen LogP contribution >= 0.6 is 0 Å². The average Bonchev–Trinajstić information content (AvgIpc) is 2.32. The van der Waals surface area contributed by atoms with Crippen LogP contribution in [0.5, 0.6) is 0 Å². The van der Waals surface area contributed by atoms with Gasteiger partial charge in [0, 0.05) is 19.7 Å². The Labute approximate surface area is 105 Å². The zero-order valence-corrected chi connectivity index (χ0v) is 10.3. The fourth-order valence-electron chi connectivity index (χ4n) is 1.52. The van der Waals surface area contributed by atoms with Gasteiger partial charge in [-0.3, -0.25) is 4.79 Å². The molecule has 0 radical (unpaired) electrons. The van der Waals surface area contributed by atoms with Crippen molar-refractivity contribution in [2.24, 2.45) is 5.92 Å². The van der Waals surface area contributed by atoms with Crippen LogP contribution in [0.1, 0.15) is 12.5 Å². The molecule has 0 bridgehead atoms. The van der Waals surface area contributed by atoms with Gasteiger partial charge in [0.05, 0.1) is 18.4 Å². The maximum absolute atomic E-state index is 13.3. The maximum atomic E-state index is 13.3. The lowest BCUT2D eigenvalue weighted by Gasteiger charge is -2.18. The van der Waals surface area contributed by atoms with Gasteiger partial charge in [-0.1, -0.05) is 6.07 Å². The second kappa shape index (κ2) is 6.10. The largest absolute Gasteiger partial charge is 0.344 e. The first-order chi connectivity index (χ1) is 8.43. The Kier molecular flexibility index (Phi) is 4.78. The van der Waals surface area contributed by atoms with Crippen LogP contribution in [0.25, 0.3) is 0 Å². The number of carbonyl (C=O) groups excluding carboxylic acids is 1. The van der Waals surface area contributed by atoms with E-state index in [1.165, 1.54) is 11.0 Å². The second-order valence-corrected chi connectivity index (χ2v) is 4.22. The molecule has 96 valence electrons. The highest BCUT2D eigenvalue weighted by Crippen LogP contribution is 2.11. The van der Waals surface area contributed by atoms with E-state index in [-0.39, 0.29) is 30.4 Å². The normalized spacial score (nSPS) is 11.7. The molecule has 0 N–H and O–H groups in total. The van der Waals surface area contributed by atoms with Crippen LogP contribution < -0.4 is 0 Å². The zero-order chi connectivity index (χ0) is 13.7. The van der Waals surface area contributed by atoms with Gasteiger partial charge in [-0.25, -0.2) is 8.78 Å². The minimum absolute atomic E-state index is 0.138. The molecule has 3 nitrogen and oxygen atoms in total. The highest BCUT2D eigenvalue weighted by atomic mass is 19.1. The molecule has 0 spiro atoms. The van der Waals surface area contributed by atoms with Crippen molar-refractivity contribution < 1.29 is 13.6 Å². The standard InChI is InChI=1S/C13H14F2N2O/c1-9(7-16)8-17(2)13(18)5-10-3-4-11(14)6-12(10)15/h3-4,6,9H,5,8H2,1-2H3. The van der Waals surface area contributed by atoms with Crippen LogP contribution in [-0.2, 0) is 11.2 Å². The molecule has 0 saturated carbocycles. The molecule has 18 heavy (non-hydrogen) atoms. The summed E-state index contributed by atoms with van der Waals surface area (Å²) >= 11 is 0. The highest BCUT2D eigenvalue weighted by Gasteiger charge is 2.15. The Morgan fingerprint density at radius 2 is 2.17 bits per heavy atom. The third kappa shape index (κ3) is 3.81. The van der Waals surface area contributed by atoms with E-state index in [1.807, 2.05) is 6.07 Å². The minimum Gasteiger partial charge on any atom is -0.344 e. The van der Waals surface area contributed by atoms with Crippen molar-refractivity contribution in [3.8, 4) is 6.07 Å². The van der Waals surface area contributed by atoms with Gasteiger partial charge in [0.25, 0.3) is 0 Å². The highest BCUT2D eigenvalue weighted by molar-refractivity contribution is 5.78. The van der Waals surface area contributed by atoms with E-state index in [0.29, 0.717) is 0 Å². The lowest BCUT2D eigenvalue weighted by Crippen LogP contribution is -2.32. The van der Waals surface area contributed by atoms with Gasteiger partial charge in [-0.05, 0) is 18.6 Å². The van der Waals surface area contributed by atoms with Gasteiger partial charge in [-0.2, -0.15) is 5.26 Å². The van der Waals surface area contributed by atoms with E-state index >= 15 is 0 Å². The lowest BCUT2D eigenvalue weighted by molar-refractivity contribution is -0.129. The van der Waals surface area contributed by atoms with Crippen LogP contribution in [0.3, 0.4) is 0 Å². The first-order valence-corrected chi connectivity index (χ1v) is 5.51. The molecule has 0 aliphatic rings. The molecule has 0 aliphatic carbocycles. The van der Waals surface area contributed by atoms with E-state index in [1.54, 1.807) is 14.0 Å². The fourth-order valence-corrected chi connectivity index (χ4v) is 1.52. The zero-order valence-electron chi connectivity index (χ0n) is 10.3. The molecule has 1 atom stereocenters. The van der Waals surface area contributed by atoms with Crippen LogP contribution in [-0.4, -0.2) is 24.4 Å². The maximum Gasteiger partial charge on any atom is 0.226 e. The SMILES string of the molecule is CC(C#N)CN(C)C(=O)Cc1ccc(F)cc1F. The number of carbonyl (C=O) groups is 1. The molecule has 1 aromatic carbocycles. The molecule has 1 rings (SSSR count). The monoisotopic (exact) mass is 252 g/mol. The van der Waals surface area contributed by atoms with E-state index in [0.717, 1.165) is 12.1 Å². The summed E-state index contributed by atoms with van der Waals surface area (Å²) in [4.78, 5) is 13.1. The molecule has 1 aromatic rings. The van der Waals surface area contributed by atoms with Crippen molar-refractivity contribution in [2.75, 3.05) is 13.6 Å². The van der Waals surface area contributed by atoms with Crippen LogP contribution in [0, 0.1) is 28.9 Å². The lowest BCUT2D eigenvalue weighted by atomic mass is 10.1. The summed E-state index contributed by atoms with van der Waals surface area (Å²) in [5.41, 5.74) is 0.151. The number of likely N-dealkylation sites (N-methyl/N-ethyl adjacent to an activating group) is 1. The molecule has 0 saturated heterocycles. The summed E-state index contributed by atoms with van der Waals surface area (Å²) in [6.07, 6.45) is -0.138. The number of benzene rings is 1. The molecular formula is C13H14F2N2O. The Hall–Kier alpha value is -1.96. The van der Waals surface area contributed by atoms with E-state index in [9.17, 15) is 13.6 Å². The summed E-state index contributed by atoms with van der Waals surface area (Å²) in [6.45, 7) is 1.99. The molecular weight excluding hydrogens is 238 g/mol. The van der Waals surface area contributed by atoms with Crippen molar-refractivity contribution in [3.63, 3.8) is 0 Å². The van der Waals surface area contributed by atoms with Crippen molar-refractivity contribution in [1.82, 2.24) is 4.90 Å². The first-order valence-electron chi connectivity index (χ1n) is 5.51. The summed E-state index contributed by atoms with van der Waals surface area (Å²) in [5.74, 6) is -1.99. The predicted molar refractivity (Wildman–Crippen MR) is 62.5 cm³/mol. The van der Waals surface area contributed by atoms with Crippen LogP contribution in [0.2, 0.25) is 0 Å². The van der Waals surface area contributed by atoms with Gasteiger partial charge in [-0.15, -0.1) is 0 Å². The molecule has 0 heterocycles. The third-order valence-corrected chi connectivity index (χ3v) is 2.55. The number of nitriles is 1. The van der Waals surface area contributed by atoms with Gasteiger partial charge in [0.1, 0.15) is 11.6 Å². The topological polar surface area (TPSA) is 44.1 Å². The Morgan fingerprint density at radius 1 is 1.50 bits per heavy atom. The molecule has 0 aromatic heterocycles. The van der Waals surface area contributed by atoms with Gasteiger partial charge in [0.2, 0.25) is 5.91 Å². The third-order valence-electron chi connectivity index (χ3n) is 2.55. The van der Waals surface area contributed by atoms with E-state index in [2.05, 4.69) is 0 Å². The van der Waals surface area contributed by atoms with E-state index in [4.69, 9.17) is 5.26 Å². The van der Waals surface area contributed by atoms with Crippen LogP contribution in [0.4, 0.5) is 8.78 Å². The molecule has 1 unspecified atom stereocenters. The van der Waals surface area contributed by atoms with Crippen molar-refractivity contribution in [3.05, 3.63) is 35.4 Å². The number of amides is 1. The van der Waals surface area contributed by atoms with Crippen molar-refractivity contribution in [2.45, 2.75) is 13.3 Å². The van der Waals surface area contributed by atoms with Gasteiger partial charge < -0.3 is 4.90 Å². The van der Waals surface area contributed by atoms with Gasteiger partial charge in [0.15, 0.2) is 0 Å². The molecule has 5 heteroatoms. The Morgan fingerprint density at radius 3 is 2.72 bits per heavy atom.